The molecule has 0 spiro atoms. The molecule has 2 aliphatic rings. The zero-order valence-electron chi connectivity index (χ0n) is 19.8. The van der Waals surface area contributed by atoms with Gasteiger partial charge in [-0.15, -0.1) is 11.8 Å². The first-order valence-corrected chi connectivity index (χ1v) is 12.6. The van der Waals surface area contributed by atoms with Gasteiger partial charge in [-0.1, -0.05) is 0 Å². The van der Waals surface area contributed by atoms with Crippen LogP contribution in [-0.4, -0.2) is 67.0 Å². The van der Waals surface area contributed by atoms with Gasteiger partial charge >= 0.3 is 0 Å². The number of aromatic hydroxyl groups is 1. The fourth-order valence-electron chi connectivity index (χ4n) is 4.33. The smallest absolute Gasteiger partial charge is 0.145 e. The van der Waals surface area contributed by atoms with Crippen molar-refractivity contribution in [2.45, 2.75) is 23.8 Å². The number of hydrogen-bond acceptors (Lipinski definition) is 9. The molecule has 4 heterocycles. The van der Waals surface area contributed by atoms with Crippen LogP contribution in [0.4, 0.5) is 17.2 Å². The van der Waals surface area contributed by atoms with Crippen LogP contribution in [0.3, 0.4) is 0 Å². The highest BCUT2D eigenvalue weighted by molar-refractivity contribution is 7.99. The van der Waals surface area contributed by atoms with Crippen molar-refractivity contribution in [3.63, 3.8) is 0 Å². The second kappa shape index (κ2) is 10.1. The minimum absolute atomic E-state index is 0.0613. The van der Waals surface area contributed by atoms with Gasteiger partial charge in [-0.2, -0.15) is 5.10 Å². The lowest BCUT2D eigenvalue weighted by Crippen LogP contribution is -2.34. The monoisotopic (exact) mass is 491 g/mol. The Bertz CT molecular complexity index is 1330. The normalized spacial score (nSPS) is 17.4. The number of thioether (sulfide) groups is 1. The molecule has 10 heteroatoms. The Morgan fingerprint density at radius 2 is 2.03 bits per heavy atom. The highest BCUT2D eigenvalue weighted by Gasteiger charge is 2.15. The third-order valence-electron chi connectivity index (χ3n) is 6.09. The number of aliphatic hydroxyl groups excluding tert-OH is 1. The molecule has 1 fully saturated rings. The van der Waals surface area contributed by atoms with Gasteiger partial charge in [0.2, 0.25) is 0 Å². The number of phenolic OH excluding ortho intramolecular Hbond substituents is 1. The number of β-amino-alcohol motifs (C(OH)–C–C–N with tert-alkyl or cyclic N) is 1. The molecule has 2 aromatic carbocycles. The molecular formula is C25H29N7O2S. The number of piperidine rings is 1. The van der Waals surface area contributed by atoms with Crippen molar-refractivity contribution in [3.8, 4) is 16.9 Å². The Balaban J connectivity index is 0.000000271. The highest BCUT2D eigenvalue weighted by Crippen LogP contribution is 2.38. The van der Waals surface area contributed by atoms with E-state index in [2.05, 4.69) is 36.7 Å². The number of aromatic nitrogens is 4. The van der Waals surface area contributed by atoms with E-state index in [1.54, 1.807) is 28.7 Å². The van der Waals surface area contributed by atoms with Crippen LogP contribution in [0, 0.1) is 0 Å². The number of nitrogens with one attached hydrogen (secondary N) is 2. The highest BCUT2D eigenvalue weighted by atomic mass is 32.2. The van der Waals surface area contributed by atoms with Gasteiger partial charge in [0, 0.05) is 41.6 Å². The number of rotatable bonds is 3. The van der Waals surface area contributed by atoms with Crippen LogP contribution in [0.25, 0.3) is 22.0 Å². The number of aliphatic hydroxyl groups is 1. The molecule has 2 aromatic heterocycles. The summed E-state index contributed by atoms with van der Waals surface area (Å²) in [6.07, 6.45) is 7.24. The third kappa shape index (κ3) is 5.34. The number of phenols is 1. The van der Waals surface area contributed by atoms with Crippen molar-refractivity contribution in [1.29, 1.82) is 0 Å². The Morgan fingerprint density at radius 3 is 2.77 bits per heavy atom. The summed E-state index contributed by atoms with van der Waals surface area (Å²) in [6.45, 7) is 2.01. The molecule has 182 valence electrons. The van der Waals surface area contributed by atoms with E-state index < -0.39 is 0 Å². The molecule has 4 aromatic rings. The first-order valence-electron chi connectivity index (χ1n) is 11.6. The van der Waals surface area contributed by atoms with Gasteiger partial charge < -0.3 is 25.7 Å². The van der Waals surface area contributed by atoms with Gasteiger partial charge in [0.25, 0.3) is 0 Å². The quantitative estimate of drug-likeness (QED) is 0.337. The molecule has 2 aliphatic heterocycles. The van der Waals surface area contributed by atoms with Gasteiger partial charge in [-0.05, 0) is 62.3 Å². The molecule has 0 saturated carbocycles. The first kappa shape index (κ1) is 23.4. The molecule has 1 atom stereocenters. The number of nitrogens with zero attached hydrogens (tertiary/aromatic N) is 5. The lowest BCUT2D eigenvalue weighted by Gasteiger charge is -2.25. The van der Waals surface area contributed by atoms with Crippen molar-refractivity contribution < 1.29 is 10.2 Å². The zero-order chi connectivity index (χ0) is 24.4. The van der Waals surface area contributed by atoms with Crippen LogP contribution >= 0.6 is 11.8 Å². The standard InChI is InChI=1S/C19H16N6OS.C6H13NO/c1-25-8-12(7-23-25)11-4-15-18(16(26)5-11)19(21-9-20-15)24-13-2-3-14-17(6-13)27-10-22-14;1-7-4-2-3-6(8)5-7/h2-9,22,26H,10H2,1H3,(H,20,21,24);6,8H,2-5H2,1H3. The number of anilines is 3. The Hall–Kier alpha value is -3.34. The lowest BCUT2D eigenvalue weighted by molar-refractivity contribution is 0.0846. The Kier molecular flexibility index (Phi) is 6.76. The van der Waals surface area contributed by atoms with Crippen molar-refractivity contribution >= 4 is 39.9 Å². The van der Waals surface area contributed by atoms with Crippen LogP contribution < -0.4 is 10.6 Å². The molecule has 4 N–H and O–H groups in total. The van der Waals surface area contributed by atoms with Crippen LogP contribution in [0.5, 0.6) is 5.75 Å². The summed E-state index contributed by atoms with van der Waals surface area (Å²) in [6, 6.07) is 9.76. The molecule has 0 bridgehead atoms. The predicted octanol–water partition coefficient (Wildman–Crippen LogP) is 4.03. The van der Waals surface area contributed by atoms with E-state index in [0.29, 0.717) is 16.7 Å². The molecular weight excluding hydrogens is 462 g/mol. The maximum Gasteiger partial charge on any atom is 0.145 e. The topological polar surface area (TPSA) is 111 Å². The van der Waals surface area contributed by atoms with Gasteiger partial charge in [0.15, 0.2) is 0 Å². The van der Waals surface area contributed by atoms with Crippen molar-refractivity contribution in [1.82, 2.24) is 24.6 Å². The predicted molar refractivity (Wildman–Crippen MR) is 140 cm³/mol. The largest absolute Gasteiger partial charge is 0.507 e. The van der Waals surface area contributed by atoms with Crippen molar-refractivity contribution in [2.75, 3.05) is 36.6 Å². The summed E-state index contributed by atoms with van der Waals surface area (Å²) in [5.41, 5.74) is 4.51. The Morgan fingerprint density at radius 1 is 1.14 bits per heavy atom. The van der Waals surface area contributed by atoms with E-state index in [4.69, 9.17) is 5.11 Å². The minimum atomic E-state index is -0.0613. The van der Waals surface area contributed by atoms with Crippen LogP contribution in [0.1, 0.15) is 12.8 Å². The van der Waals surface area contributed by atoms with Gasteiger partial charge in [0.05, 0.1) is 29.1 Å². The maximum absolute atomic E-state index is 10.7. The SMILES string of the molecule is CN1CCCC(O)C1.Cn1cc(-c2cc(O)c3c(Nc4ccc5c(c4)SCN5)ncnc3c2)cn1. The maximum atomic E-state index is 10.7. The fraction of sp³-hybridized carbons (Fsp3) is 0.320. The number of likely N-dealkylation sites (N-methyl/N-ethyl adjacent to an activating group) is 1. The van der Waals surface area contributed by atoms with Crippen molar-refractivity contribution in [3.05, 3.63) is 49.1 Å². The summed E-state index contributed by atoms with van der Waals surface area (Å²) in [5.74, 6) is 1.59. The van der Waals surface area contributed by atoms with Crippen LogP contribution in [0.2, 0.25) is 0 Å². The average Bonchev–Trinajstić information content (AvgIpc) is 3.48. The van der Waals surface area contributed by atoms with Gasteiger partial charge in [-0.25, -0.2) is 9.97 Å². The van der Waals surface area contributed by atoms with Gasteiger partial charge in [0.1, 0.15) is 17.9 Å². The van der Waals surface area contributed by atoms with E-state index in [9.17, 15) is 5.11 Å². The summed E-state index contributed by atoms with van der Waals surface area (Å²) >= 11 is 1.76. The van der Waals surface area contributed by atoms with Crippen LogP contribution in [-0.2, 0) is 7.05 Å². The minimum Gasteiger partial charge on any atom is -0.507 e. The molecule has 1 unspecified atom stereocenters. The average molecular weight is 492 g/mol. The number of benzene rings is 2. The second-order valence-corrected chi connectivity index (χ2v) is 9.89. The van der Waals surface area contributed by atoms with E-state index in [1.807, 2.05) is 38.5 Å². The molecule has 0 radical (unpaired) electrons. The van der Waals surface area contributed by atoms with E-state index >= 15 is 0 Å². The number of aryl methyl sites for hydroxylation is 1. The first-order chi connectivity index (χ1) is 17.0. The molecule has 0 aliphatic carbocycles. The van der Waals surface area contributed by atoms with E-state index in [0.717, 1.165) is 54.3 Å². The number of hydrogen-bond donors (Lipinski definition) is 4. The molecule has 35 heavy (non-hydrogen) atoms. The lowest BCUT2D eigenvalue weighted by atomic mass is 10.1. The summed E-state index contributed by atoms with van der Waals surface area (Å²) in [7, 11) is 3.90. The summed E-state index contributed by atoms with van der Waals surface area (Å²) in [5, 5.41) is 31.1. The fourth-order valence-corrected chi connectivity index (χ4v) is 5.22. The van der Waals surface area contributed by atoms with Gasteiger partial charge in [-0.3, -0.25) is 4.68 Å². The third-order valence-corrected chi connectivity index (χ3v) is 7.03. The Labute approximate surface area is 208 Å². The second-order valence-electron chi connectivity index (χ2n) is 8.87. The molecule has 0 amide bonds. The van der Waals surface area contributed by atoms with Crippen LogP contribution in [0.15, 0.2) is 53.9 Å². The zero-order valence-corrected chi connectivity index (χ0v) is 20.6. The molecule has 1 saturated heterocycles. The number of likely N-dealkylation sites (tertiary alicyclic amines) is 1. The molecule has 6 rings (SSSR count). The summed E-state index contributed by atoms with van der Waals surface area (Å²) in [4.78, 5) is 12.0. The van der Waals surface area contributed by atoms with E-state index in [-0.39, 0.29) is 11.9 Å². The summed E-state index contributed by atoms with van der Waals surface area (Å²) < 4.78 is 1.73. The van der Waals surface area contributed by atoms with E-state index in [1.165, 1.54) is 11.2 Å². The molecule has 9 nitrogen and oxygen atoms in total. The van der Waals surface area contributed by atoms with Crippen molar-refractivity contribution in [2.24, 2.45) is 7.05 Å². The number of fused-ring (bicyclic) bond motifs is 2.